The van der Waals surface area contributed by atoms with Gasteiger partial charge in [-0.3, -0.25) is 4.72 Å². The topological polar surface area (TPSA) is 92.7 Å². The second kappa shape index (κ2) is 7.06. The molecule has 2 N–H and O–H groups in total. The number of halogens is 2. The fourth-order valence-electron chi connectivity index (χ4n) is 1.81. The van der Waals surface area contributed by atoms with Crippen LogP contribution in [0.2, 0.25) is 5.02 Å². The van der Waals surface area contributed by atoms with E-state index in [1.165, 1.54) is 24.3 Å². The second-order valence-corrected chi connectivity index (χ2v) is 6.93. The number of benzene rings is 2. The number of hydrogen-bond donors (Lipinski definition) is 2. The first-order valence-electron chi connectivity index (χ1n) is 6.62. The molecule has 24 heavy (non-hydrogen) atoms. The van der Waals surface area contributed by atoms with Gasteiger partial charge in [0.25, 0.3) is 10.0 Å². The molecule has 2 aromatic rings. The standard InChI is InChI=1S/C15H13ClFNO5S/c1-9-2-3-10(17)6-13(9)18-24(21,22)11-4-5-14(12(16)7-11)23-8-15(19)20/h2-7,18H,8H2,1H3,(H,19,20). The van der Waals surface area contributed by atoms with E-state index in [0.717, 1.165) is 12.1 Å². The molecule has 9 heteroatoms. The lowest BCUT2D eigenvalue weighted by molar-refractivity contribution is -0.139. The maximum atomic E-state index is 13.3. The van der Waals surface area contributed by atoms with Crippen LogP contribution in [0.25, 0.3) is 0 Å². The van der Waals surface area contributed by atoms with Crippen LogP contribution in [0.15, 0.2) is 41.3 Å². The monoisotopic (exact) mass is 373 g/mol. The van der Waals surface area contributed by atoms with E-state index in [2.05, 4.69) is 4.72 Å². The molecule has 2 aromatic carbocycles. The number of carbonyl (C=O) groups is 1. The summed E-state index contributed by atoms with van der Waals surface area (Å²) in [6, 6.07) is 7.31. The molecule has 0 spiro atoms. The molecule has 0 radical (unpaired) electrons. The highest BCUT2D eigenvalue weighted by molar-refractivity contribution is 7.92. The van der Waals surface area contributed by atoms with Gasteiger partial charge in [0, 0.05) is 0 Å². The number of aryl methyl sites for hydroxylation is 1. The molecule has 0 aromatic heterocycles. The van der Waals surface area contributed by atoms with E-state index in [-0.39, 0.29) is 21.4 Å². The fourth-order valence-corrected chi connectivity index (χ4v) is 3.26. The van der Waals surface area contributed by atoms with Gasteiger partial charge in [-0.25, -0.2) is 17.6 Å². The first-order chi connectivity index (χ1) is 11.2. The zero-order valence-electron chi connectivity index (χ0n) is 12.4. The number of nitrogens with one attached hydrogen (secondary N) is 1. The molecule has 0 amide bonds. The Hall–Kier alpha value is -2.32. The Kier molecular flexibility index (Phi) is 5.30. The highest BCUT2D eigenvalue weighted by Gasteiger charge is 2.18. The van der Waals surface area contributed by atoms with E-state index in [4.69, 9.17) is 21.4 Å². The van der Waals surface area contributed by atoms with E-state index >= 15 is 0 Å². The number of aliphatic carboxylic acids is 1. The minimum absolute atomic E-state index is 0.0416. The van der Waals surface area contributed by atoms with Crippen LogP contribution in [0.4, 0.5) is 10.1 Å². The van der Waals surface area contributed by atoms with Gasteiger partial charge in [0.1, 0.15) is 11.6 Å². The summed E-state index contributed by atoms with van der Waals surface area (Å²) >= 11 is 5.91. The summed E-state index contributed by atoms with van der Waals surface area (Å²) in [6.45, 7) is 1.03. The van der Waals surface area contributed by atoms with Gasteiger partial charge in [-0.05, 0) is 42.8 Å². The minimum Gasteiger partial charge on any atom is -0.480 e. The van der Waals surface area contributed by atoms with Crippen LogP contribution in [0, 0.1) is 12.7 Å². The maximum absolute atomic E-state index is 13.3. The molecule has 0 aliphatic heterocycles. The number of carboxylic acid groups (broad SMARTS) is 1. The molecule has 0 saturated carbocycles. The van der Waals surface area contributed by atoms with Crippen LogP contribution in [0.5, 0.6) is 5.75 Å². The van der Waals surface area contributed by atoms with Crippen LogP contribution >= 0.6 is 11.6 Å². The summed E-state index contributed by atoms with van der Waals surface area (Å²) in [4.78, 5) is 10.3. The zero-order chi connectivity index (χ0) is 17.9. The minimum atomic E-state index is -4.00. The van der Waals surface area contributed by atoms with Crippen molar-refractivity contribution in [1.82, 2.24) is 0 Å². The highest BCUT2D eigenvalue weighted by atomic mass is 35.5. The van der Waals surface area contributed by atoms with Gasteiger partial charge in [-0.2, -0.15) is 0 Å². The van der Waals surface area contributed by atoms with Crippen LogP contribution < -0.4 is 9.46 Å². The molecule has 0 aliphatic carbocycles. The van der Waals surface area contributed by atoms with Crippen LogP contribution in [-0.4, -0.2) is 26.1 Å². The third kappa shape index (κ3) is 4.36. The SMILES string of the molecule is Cc1ccc(F)cc1NS(=O)(=O)c1ccc(OCC(=O)O)c(Cl)c1. The van der Waals surface area contributed by atoms with Crippen molar-refractivity contribution >= 4 is 33.3 Å². The Morgan fingerprint density at radius 3 is 2.62 bits per heavy atom. The van der Waals surface area contributed by atoms with Crippen molar-refractivity contribution in [2.75, 3.05) is 11.3 Å². The number of rotatable bonds is 6. The lowest BCUT2D eigenvalue weighted by atomic mass is 10.2. The van der Waals surface area contributed by atoms with E-state index < -0.39 is 28.4 Å². The lowest BCUT2D eigenvalue weighted by Crippen LogP contribution is -2.14. The molecule has 0 bridgehead atoms. The molecular weight excluding hydrogens is 361 g/mol. The normalized spacial score (nSPS) is 11.1. The van der Waals surface area contributed by atoms with Crippen molar-refractivity contribution in [2.45, 2.75) is 11.8 Å². The van der Waals surface area contributed by atoms with Crippen LogP contribution in [0.1, 0.15) is 5.56 Å². The molecule has 128 valence electrons. The van der Waals surface area contributed by atoms with Gasteiger partial charge in [0.05, 0.1) is 15.6 Å². The van der Waals surface area contributed by atoms with E-state index in [9.17, 15) is 17.6 Å². The van der Waals surface area contributed by atoms with E-state index in [1.807, 2.05) is 0 Å². The van der Waals surface area contributed by atoms with Crippen LogP contribution in [-0.2, 0) is 14.8 Å². The predicted octanol–water partition coefficient (Wildman–Crippen LogP) is 3.05. The van der Waals surface area contributed by atoms with Crippen LogP contribution in [0.3, 0.4) is 0 Å². The quantitative estimate of drug-likeness (QED) is 0.811. The Labute approximate surface area is 142 Å². The first kappa shape index (κ1) is 18.0. The van der Waals surface area contributed by atoms with Crippen molar-refractivity contribution < 1.29 is 27.4 Å². The summed E-state index contributed by atoms with van der Waals surface area (Å²) in [7, 11) is -4.00. The molecule has 0 heterocycles. The van der Waals surface area contributed by atoms with Crippen molar-refractivity contribution in [1.29, 1.82) is 0 Å². The third-order valence-corrected chi connectivity index (χ3v) is 4.67. The average Bonchev–Trinajstić information content (AvgIpc) is 2.49. The fraction of sp³-hybridized carbons (Fsp3) is 0.133. The number of hydrogen-bond acceptors (Lipinski definition) is 4. The number of ether oxygens (including phenoxy) is 1. The van der Waals surface area contributed by atoms with Crippen molar-refractivity contribution in [3.8, 4) is 5.75 Å². The van der Waals surface area contributed by atoms with Gasteiger partial charge in [-0.15, -0.1) is 0 Å². The summed E-state index contributed by atoms with van der Waals surface area (Å²) in [5, 5.41) is 8.50. The summed E-state index contributed by atoms with van der Waals surface area (Å²) in [5.41, 5.74) is 0.657. The number of anilines is 1. The molecule has 0 fully saturated rings. The summed E-state index contributed by atoms with van der Waals surface area (Å²) in [6.07, 6.45) is 0. The van der Waals surface area contributed by atoms with Gasteiger partial charge < -0.3 is 9.84 Å². The van der Waals surface area contributed by atoms with E-state index in [1.54, 1.807) is 6.92 Å². The summed E-state index contributed by atoms with van der Waals surface area (Å²) in [5.74, 6) is -1.72. The molecule has 0 unspecified atom stereocenters. The highest BCUT2D eigenvalue weighted by Crippen LogP contribution is 2.29. The van der Waals surface area contributed by atoms with E-state index in [0.29, 0.717) is 5.56 Å². The zero-order valence-corrected chi connectivity index (χ0v) is 14.0. The Morgan fingerprint density at radius 2 is 2.00 bits per heavy atom. The van der Waals surface area contributed by atoms with Crippen molar-refractivity contribution in [3.05, 3.63) is 52.8 Å². The number of carboxylic acids is 1. The Balaban J connectivity index is 2.27. The van der Waals surface area contributed by atoms with Crippen molar-refractivity contribution in [2.24, 2.45) is 0 Å². The van der Waals surface area contributed by atoms with Gasteiger partial charge in [-0.1, -0.05) is 17.7 Å². The molecule has 6 nitrogen and oxygen atoms in total. The predicted molar refractivity (Wildman–Crippen MR) is 86.5 cm³/mol. The Bertz CT molecular complexity index is 885. The molecule has 0 atom stereocenters. The number of sulfonamides is 1. The average molecular weight is 374 g/mol. The largest absolute Gasteiger partial charge is 0.480 e. The second-order valence-electron chi connectivity index (χ2n) is 4.84. The van der Waals surface area contributed by atoms with Crippen molar-refractivity contribution in [3.63, 3.8) is 0 Å². The maximum Gasteiger partial charge on any atom is 0.341 e. The lowest BCUT2D eigenvalue weighted by Gasteiger charge is -2.12. The van der Waals surface area contributed by atoms with Gasteiger partial charge in [0.15, 0.2) is 6.61 Å². The first-order valence-corrected chi connectivity index (χ1v) is 8.48. The van der Waals surface area contributed by atoms with Gasteiger partial charge >= 0.3 is 5.97 Å². The Morgan fingerprint density at radius 1 is 1.29 bits per heavy atom. The molecular formula is C15H13ClFNO5S. The molecule has 0 aliphatic rings. The summed E-state index contributed by atoms with van der Waals surface area (Å²) < 4.78 is 45.2. The third-order valence-electron chi connectivity index (χ3n) is 3.01. The molecule has 2 rings (SSSR count). The molecule has 0 saturated heterocycles. The smallest absolute Gasteiger partial charge is 0.341 e. The van der Waals surface area contributed by atoms with Gasteiger partial charge in [0.2, 0.25) is 0 Å².